The standard InChI is InChI=1S/C47H56N6O10S2/c1-6-31-23-47(31,44(56)52-65(5,58)59)51-41(54)36-20-33-24-53(36)43(55)40(28-13-10-11-14-28)50-45(57)62-27-46(2,3)18-12-17-30-19-34-35(21-37(30)60-4)49-39(22-38(34)63-33)61-25-32-26-64-42(48-32)29-15-8-7-9-16-29/h6-9,15-16,19,21-22,26,28,31,33,36,40H,1,10-14,17-18,20,23-25,27H2,2-5H3,(H,50,57)(H,51,54)(H,52,56)/t31-,33-,36+,40+,47-/m1/s1. The van der Waals surface area contributed by atoms with Crippen LogP contribution in [0.15, 0.2) is 66.6 Å². The van der Waals surface area contributed by atoms with Gasteiger partial charge in [-0.05, 0) is 61.5 Å². The third kappa shape index (κ3) is 10.4. The van der Waals surface area contributed by atoms with Crippen molar-refractivity contribution in [2.45, 2.75) is 102 Å². The number of carbonyl (C=O) groups is 4. The average molecular weight is 929 g/mol. The summed E-state index contributed by atoms with van der Waals surface area (Å²) in [5.41, 5.74) is 1.16. The summed E-state index contributed by atoms with van der Waals surface area (Å²) in [6.45, 7) is 8.01. The Kier molecular flexibility index (Phi) is 13.1. The van der Waals surface area contributed by atoms with Crippen molar-refractivity contribution in [2.24, 2.45) is 17.3 Å². The summed E-state index contributed by atoms with van der Waals surface area (Å²) in [7, 11) is -2.37. The summed E-state index contributed by atoms with van der Waals surface area (Å²) in [6.07, 6.45) is 6.19. The number of benzene rings is 2. The number of nitrogens with zero attached hydrogens (tertiary/aromatic N) is 3. The van der Waals surface area contributed by atoms with E-state index in [-0.39, 0.29) is 44.4 Å². The van der Waals surface area contributed by atoms with E-state index in [1.54, 1.807) is 13.2 Å². The lowest BCUT2D eigenvalue weighted by Crippen LogP contribution is -2.59. The number of aryl methyl sites for hydroxylation is 1. The molecule has 5 atom stereocenters. The van der Waals surface area contributed by atoms with Crippen LogP contribution in [0.5, 0.6) is 17.4 Å². The Balaban J connectivity index is 1.16. The van der Waals surface area contributed by atoms with Gasteiger partial charge in [-0.2, -0.15) is 0 Å². The van der Waals surface area contributed by atoms with Crippen LogP contribution in [-0.2, 0) is 42.2 Å². The molecular formula is C47H56N6O10S2. The number of aromatic nitrogens is 2. The summed E-state index contributed by atoms with van der Waals surface area (Å²) in [4.78, 5) is 67.6. The maximum absolute atomic E-state index is 15.0. The highest BCUT2D eigenvalue weighted by Crippen LogP contribution is 2.45. The number of rotatable bonds is 11. The fraction of sp³-hybridized carbons (Fsp3) is 0.489. The maximum Gasteiger partial charge on any atom is 0.407 e. The summed E-state index contributed by atoms with van der Waals surface area (Å²) in [5.74, 6) is -1.53. The van der Waals surface area contributed by atoms with Gasteiger partial charge in [0.05, 0.1) is 37.7 Å². The molecule has 4 aromatic rings. The number of ether oxygens (including phenoxy) is 4. The van der Waals surface area contributed by atoms with E-state index in [4.69, 9.17) is 28.9 Å². The zero-order valence-electron chi connectivity index (χ0n) is 37.1. The van der Waals surface area contributed by atoms with Gasteiger partial charge < -0.3 is 34.5 Å². The van der Waals surface area contributed by atoms with Crippen molar-refractivity contribution < 1.29 is 46.5 Å². The minimum Gasteiger partial charge on any atom is -0.496 e. The molecule has 2 aliphatic carbocycles. The molecule has 2 saturated carbocycles. The van der Waals surface area contributed by atoms with E-state index in [9.17, 15) is 27.6 Å². The molecule has 2 aromatic heterocycles. The number of amides is 4. The summed E-state index contributed by atoms with van der Waals surface area (Å²) in [5, 5.41) is 9.15. The molecule has 1 saturated heterocycles. The Morgan fingerprint density at radius 3 is 2.57 bits per heavy atom. The molecule has 16 nitrogen and oxygen atoms in total. The van der Waals surface area contributed by atoms with Gasteiger partial charge in [0.2, 0.25) is 27.7 Å². The molecule has 65 heavy (non-hydrogen) atoms. The first-order valence-corrected chi connectivity index (χ1v) is 24.8. The summed E-state index contributed by atoms with van der Waals surface area (Å²) < 4.78 is 51.1. The highest BCUT2D eigenvalue weighted by atomic mass is 32.2. The molecule has 18 heteroatoms. The fourth-order valence-corrected chi connectivity index (χ4v) is 10.6. The monoisotopic (exact) mass is 928 g/mol. The number of thiazole rings is 1. The highest BCUT2D eigenvalue weighted by Gasteiger charge is 2.61. The number of sulfonamides is 1. The van der Waals surface area contributed by atoms with Crippen molar-refractivity contribution in [1.29, 1.82) is 0 Å². The molecule has 2 aromatic carbocycles. The van der Waals surface area contributed by atoms with E-state index in [1.807, 2.05) is 66.4 Å². The quantitative estimate of drug-likeness (QED) is 0.147. The largest absolute Gasteiger partial charge is 0.496 e. The van der Waals surface area contributed by atoms with Crippen molar-refractivity contribution in [2.75, 3.05) is 26.5 Å². The number of fused-ring (bicyclic) bond motifs is 3. The Hall–Kier alpha value is -5.75. The molecule has 4 bridgehead atoms. The summed E-state index contributed by atoms with van der Waals surface area (Å²) >= 11 is 1.51. The molecule has 4 aliphatic rings. The fourth-order valence-electron chi connectivity index (χ4n) is 9.30. The van der Waals surface area contributed by atoms with Crippen LogP contribution in [0.4, 0.5) is 4.79 Å². The smallest absolute Gasteiger partial charge is 0.407 e. The van der Waals surface area contributed by atoms with E-state index in [1.165, 1.54) is 22.3 Å². The molecule has 4 heterocycles. The predicted molar refractivity (Wildman–Crippen MR) is 244 cm³/mol. The van der Waals surface area contributed by atoms with Gasteiger partial charge in [-0.1, -0.05) is 63.1 Å². The second-order valence-corrected chi connectivity index (χ2v) is 21.0. The molecular weight excluding hydrogens is 873 g/mol. The third-order valence-electron chi connectivity index (χ3n) is 12.9. The van der Waals surface area contributed by atoms with Crippen LogP contribution in [0.25, 0.3) is 21.5 Å². The lowest BCUT2D eigenvalue weighted by molar-refractivity contribution is -0.142. The number of carbonyl (C=O) groups excluding carboxylic acids is 4. The first-order chi connectivity index (χ1) is 31.0. The number of cyclic esters (lactones) is 1. The van der Waals surface area contributed by atoms with Crippen LogP contribution in [0.3, 0.4) is 0 Å². The zero-order valence-corrected chi connectivity index (χ0v) is 38.7. The molecule has 2 aliphatic heterocycles. The topological polar surface area (TPSA) is 204 Å². The minimum absolute atomic E-state index is 0.000231. The van der Waals surface area contributed by atoms with E-state index in [2.05, 4.69) is 17.2 Å². The van der Waals surface area contributed by atoms with Gasteiger partial charge in [-0.3, -0.25) is 19.1 Å². The Bertz CT molecular complexity index is 2580. The van der Waals surface area contributed by atoms with Gasteiger partial charge in [0, 0.05) is 40.8 Å². The van der Waals surface area contributed by atoms with Gasteiger partial charge in [-0.25, -0.2) is 23.2 Å². The SMILES string of the molecule is C=C[C@@H]1C[C@]1(NC(=O)[C@@H]1C[C@@H]2CN1C(=O)[C@H](C1CCCC1)NC(=O)OCC(C)(C)CCCc1cc3c(cc(OCc4csc(-c5ccccc5)n4)nc3cc1OC)O2)C(=O)NS(C)(=O)=O. The van der Waals surface area contributed by atoms with E-state index >= 15 is 0 Å². The number of pyridine rings is 1. The van der Waals surface area contributed by atoms with Crippen molar-refractivity contribution in [3.8, 4) is 28.0 Å². The second-order valence-electron chi connectivity index (χ2n) is 18.4. The van der Waals surface area contributed by atoms with Crippen molar-refractivity contribution in [3.63, 3.8) is 0 Å². The van der Waals surface area contributed by atoms with Gasteiger partial charge in [0.15, 0.2) is 0 Å². The van der Waals surface area contributed by atoms with Gasteiger partial charge in [0.25, 0.3) is 5.91 Å². The molecule has 8 rings (SSSR count). The molecule has 0 unspecified atom stereocenters. The van der Waals surface area contributed by atoms with Crippen LogP contribution in [-0.4, -0.2) is 97.3 Å². The van der Waals surface area contributed by atoms with Crippen LogP contribution in [0, 0.1) is 17.3 Å². The van der Waals surface area contributed by atoms with Crippen LogP contribution in [0.2, 0.25) is 0 Å². The first-order valence-electron chi connectivity index (χ1n) is 22.1. The highest BCUT2D eigenvalue weighted by molar-refractivity contribution is 7.89. The number of methoxy groups -OCH3 is 1. The third-order valence-corrected chi connectivity index (χ3v) is 14.4. The van der Waals surface area contributed by atoms with Gasteiger partial charge in [0.1, 0.15) is 46.8 Å². The van der Waals surface area contributed by atoms with Crippen molar-refractivity contribution in [1.82, 2.24) is 30.2 Å². The van der Waals surface area contributed by atoms with Crippen LogP contribution < -0.4 is 29.6 Å². The zero-order chi connectivity index (χ0) is 46.1. The number of alkyl carbamates (subject to hydrolysis) is 1. The molecule has 0 radical (unpaired) electrons. The summed E-state index contributed by atoms with van der Waals surface area (Å²) in [6, 6.07) is 13.2. The van der Waals surface area contributed by atoms with Gasteiger partial charge in [-0.15, -0.1) is 17.9 Å². The number of nitrogens with one attached hydrogen (secondary N) is 3. The first kappa shape index (κ1) is 45.8. The maximum atomic E-state index is 15.0. The molecule has 0 spiro atoms. The van der Waals surface area contributed by atoms with E-state index in [0.29, 0.717) is 53.8 Å². The van der Waals surface area contributed by atoms with Crippen molar-refractivity contribution >= 4 is 56.1 Å². The normalized spacial score (nSPS) is 24.8. The van der Waals surface area contributed by atoms with E-state index < -0.39 is 68.9 Å². The minimum atomic E-state index is -3.97. The molecule has 4 amide bonds. The predicted octanol–water partition coefficient (Wildman–Crippen LogP) is 6.08. The number of hydrogen-bond donors (Lipinski definition) is 3. The molecule has 3 N–H and O–H groups in total. The number of hydrogen-bond acceptors (Lipinski definition) is 13. The van der Waals surface area contributed by atoms with E-state index in [0.717, 1.165) is 41.7 Å². The Morgan fingerprint density at radius 1 is 1.09 bits per heavy atom. The van der Waals surface area contributed by atoms with Crippen LogP contribution >= 0.6 is 11.3 Å². The second kappa shape index (κ2) is 18.6. The average Bonchev–Trinajstić information content (AvgIpc) is 3.72. The lowest BCUT2D eigenvalue weighted by atomic mass is 9.87. The Labute approximate surface area is 382 Å². The Morgan fingerprint density at radius 2 is 1.86 bits per heavy atom. The molecule has 346 valence electrons. The van der Waals surface area contributed by atoms with Crippen LogP contribution in [0.1, 0.15) is 76.5 Å². The van der Waals surface area contributed by atoms with Crippen molar-refractivity contribution in [3.05, 3.63) is 77.8 Å². The van der Waals surface area contributed by atoms with Gasteiger partial charge >= 0.3 is 6.09 Å². The molecule has 3 fully saturated rings. The lowest BCUT2D eigenvalue weighted by Gasteiger charge is -2.32.